The van der Waals surface area contributed by atoms with Gasteiger partial charge in [-0.15, -0.1) is 0 Å². The molecule has 39 heavy (non-hydrogen) atoms. The topological polar surface area (TPSA) is 49.8 Å². The van der Waals surface area contributed by atoms with Crippen molar-refractivity contribution in [1.29, 1.82) is 0 Å². The van der Waals surface area contributed by atoms with Crippen LogP contribution < -0.4 is 0 Å². The molecule has 5 atom stereocenters. The maximum Gasteiger partial charge on any atom is 0.416 e. The van der Waals surface area contributed by atoms with E-state index < -0.39 is 53.4 Å². The van der Waals surface area contributed by atoms with Gasteiger partial charge in [0.15, 0.2) is 0 Å². The molecule has 2 fully saturated rings. The standard InChI is InChI=1S/C28H30F7NO3/c1-16(20-11-21(27(30,31)32)13-22(12-20)28(33,34)35)39-24-9-6-18(25(24)17-4-7-23(29)8-5-17)14-36-10-2-3-19(15-36)26(37)38/h4-5,7-8,11-13,16,18-19,24-25H,2-3,6,9-10,14-15H2,1H3,(H,37,38). The van der Waals surface area contributed by atoms with Gasteiger partial charge in [-0.05, 0) is 86.5 Å². The van der Waals surface area contributed by atoms with Crippen molar-refractivity contribution in [2.24, 2.45) is 11.8 Å². The Morgan fingerprint density at radius 3 is 2.18 bits per heavy atom. The minimum atomic E-state index is -4.97. The number of alkyl halides is 6. The number of likely N-dealkylation sites (tertiary alicyclic amines) is 1. The molecule has 0 aromatic heterocycles. The van der Waals surface area contributed by atoms with Crippen LogP contribution in [-0.2, 0) is 21.9 Å². The predicted octanol–water partition coefficient (Wildman–Crippen LogP) is 7.30. The van der Waals surface area contributed by atoms with Gasteiger partial charge in [-0.25, -0.2) is 4.39 Å². The van der Waals surface area contributed by atoms with Crippen LogP contribution in [0, 0.1) is 17.7 Å². The lowest BCUT2D eigenvalue weighted by molar-refractivity contribution is -0.144. The summed E-state index contributed by atoms with van der Waals surface area (Å²) in [5, 5.41) is 9.44. The van der Waals surface area contributed by atoms with Crippen LogP contribution in [0.4, 0.5) is 30.7 Å². The Morgan fingerprint density at radius 2 is 1.62 bits per heavy atom. The molecule has 214 valence electrons. The summed E-state index contributed by atoms with van der Waals surface area (Å²) in [6.45, 7) is 3.10. The molecule has 0 spiro atoms. The summed E-state index contributed by atoms with van der Waals surface area (Å²) in [6.07, 6.45) is -9.06. The van der Waals surface area contributed by atoms with Gasteiger partial charge >= 0.3 is 18.3 Å². The lowest BCUT2D eigenvalue weighted by Crippen LogP contribution is -2.42. The number of ether oxygens (including phenoxy) is 1. The second-order valence-corrected chi connectivity index (χ2v) is 10.5. The first kappa shape index (κ1) is 29.3. The number of carbonyl (C=O) groups is 1. The monoisotopic (exact) mass is 561 g/mol. The fourth-order valence-electron chi connectivity index (χ4n) is 5.88. The fourth-order valence-corrected chi connectivity index (χ4v) is 5.88. The van der Waals surface area contributed by atoms with E-state index in [1.165, 1.54) is 19.1 Å². The number of rotatable bonds is 7. The Labute approximate surface area is 221 Å². The Kier molecular flexibility index (Phi) is 8.61. The van der Waals surface area contributed by atoms with Crippen molar-refractivity contribution in [3.63, 3.8) is 0 Å². The zero-order chi connectivity index (χ0) is 28.5. The van der Waals surface area contributed by atoms with Crippen LogP contribution in [0.25, 0.3) is 0 Å². The first-order chi connectivity index (χ1) is 18.2. The molecule has 4 rings (SSSR count). The number of benzene rings is 2. The van der Waals surface area contributed by atoms with E-state index in [4.69, 9.17) is 4.74 Å². The summed E-state index contributed by atoms with van der Waals surface area (Å²) in [6, 6.07) is 7.28. The minimum Gasteiger partial charge on any atom is -0.481 e. The summed E-state index contributed by atoms with van der Waals surface area (Å²) in [5.74, 6) is -2.09. The van der Waals surface area contributed by atoms with Crippen LogP contribution in [-0.4, -0.2) is 41.7 Å². The molecule has 1 saturated carbocycles. The highest BCUT2D eigenvalue weighted by Crippen LogP contribution is 2.45. The molecule has 5 unspecified atom stereocenters. The smallest absolute Gasteiger partial charge is 0.416 e. The van der Waals surface area contributed by atoms with E-state index in [-0.39, 0.29) is 23.5 Å². The van der Waals surface area contributed by atoms with Crippen molar-refractivity contribution >= 4 is 5.97 Å². The molecule has 0 bridgehead atoms. The van der Waals surface area contributed by atoms with Crippen molar-refractivity contribution in [3.8, 4) is 0 Å². The van der Waals surface area contributed by atoms with Crippen LogP contribution in [0.3, 0.4) is 0 Å². The first-order valence-corrected chi connectivity index (χ1v) is 12.9. The normalized spacial score (nSPS) is 25.5. The molecule has 0 amide bonds. The number of aliphatic carboxylic acids is 1. The first-order valence-electron chi connectivity index (χ1n) is 12.9. The average molecular weight is 562 g/mol. The molecule has 1 aliphatic carbocycles. The second kappa shape index (κ2) is 11.4. The van der Waals surface area contributed by atoms with Gasteiger partial charge in [0.2, 0.25) is 0 Å². The van der Waals surface area contributed by atoms with Crippen molar-refractivity contribution in [1.82, 2.24) is 4.90 Å². The molecule has 2 aromatic carbocycles. The highest BCUT2D eigenvalue weighted by atomic mass is 19.4. The lowest BCUT2D eigenvalue weighted by atomic mass is 9.86. The molecular formula is C28H30F7NO3. The quantitative estimate of drug-likeness (QED) is 0.361. The highest BCUT2D eigenvalue weighted by molar-refractivity contribution is 5.70. The van der Waals surface area contributed by atoms with Crippen LogP contribution in [0.2, 0.25) is 0 Å². The van der Waals surface area contributed by atoms with E-state index >= 15 is 0 Å². The average Bonchev–Trinajstić information content (AvgIpc) is 3.25. The Morgan fingerprint density at radius 1 is 1.00 bits per heavy atom. The molecule has 1 heterocycles. The zero-order valence-electron chi connectivity index (χ0n) is 21.2. The third-order valence-corrected chi connectivity index (χ3v) is 7.79. The van der Waals surface area contributed by atoms with E-state index in [1.807, 2.05) is 0 Å². The maximum absolute atomic E-state index is 13.7. The molecule has 2 aromatic rings. The van der Waals surface area contributed by atoms with E-state index in [0.717, 1.165) is 18.5 Å². The molecule has 11 heteroatoms. The predicted molar refractivity (Wildman–Crippen MR) is 128 cm³/mol. The summed E-state index contributed by atoms with van der Waals surface area (Å²) in [5.41, 5.74) is -2.29. The number of carboxylic acids is 1. The van der Waals surface area contributed by atoms with Crippen LogP contribution >= 0.6 is 0 Å². The maximum atomic E-state index is 13.7. The molecule has 1 saturated heterocycles. The molecule has 1 aliphatic heterocycles. The largest absolute Gasteiger partial charge is 0.481 e. The van der Waals surface area contributed by atoms with Gasteiger partial charge in [-0.2, -0.15) is 26.3 Å². The Balaban J connectivity index is 1.59. The third kappa shape index (κ3) is 7.11. The number of carboxylic acid groups (broad SMARTS) is 1. The molecule has 0 radical (unpaired) electrons. The van der Waals surface area contributed by atoms with Gasteiger partial charge in [-0.3, -0.25) is 4.79 Å². The zero-order valence-corrected chi connectivity index (χ0v) is 21.2. The van der Waals surface area contributed by atoms with Gasteiger partial charge in [0, 0.05) is 19.0 Å². The van der Waals surface area contributed by atoms with Crippen molar-refractivity contribution < 1.29 is 45.4 Å². The number of hydrogen-bond acceptors (Lipinski definition) is 3. The van der Waals surface area contributed by atoms with Gasteiger partial charge < -0.3 is 14.7 Å². The summed E-state index contributed by atoms with van der Waals surface area (Å²) < 4.78 is 100. The number of nitrogens with zero attached hydrogens (tertiary/aromatic N) is 1. The molecule has 4 nitrogen and oxygen atoms in total. The highest BCUT2D eigenvalue weighted by Gasteiger charge is 2.42. The number of piperidine rings is 1. The Bertz CT molecular complexity index is 1120. The minimum absolute atomic E-state index is 0.0209. The third-order valence-electron chi connectivity index (χ3n) is 7.79. The van der Waals surface area contributed by atoms with Crippen molar-refractivity contribution in [2.75, 3.05) is 19.6 Å². The van der Waals surface area contributed by atoms with Gasteiger partial charge in [0.1, 0.15) is 5.82 Å². The second-order valence-electron chi connectivity index (χ2n) is 10.5. The van der Waals surface area contributed by atoms with Gasteiger partial charge in [0.25, 0.3) is 0 Å². The summed E-state index contributed by atoms with van der Waals surface area (Å²) >= 11 is 0. The summed E-state index contributed by atoms with van der Waals surface area (Å²) in [7, 11) is 0. The fraction of sp³-hybridized carbons (Fsp3) is 0.536. The lowest BCUT2D eigenvalue weighted by Gasteiger charge is -2.35. The Hall–Kier alpha value is -2.66. The van der Waals surface area contributed by atoms with Crippen molar-refractivity contribution in [2.45, 2.75) is 63.1 Å². The van der Waals surface area contributed by atoms with E-state index in [2.05, 4.69) is 4.90 Å². The van der Waals surface area contributed by atoms with Crippen LogP contribution in [0.1, 0.15) is 66.9 Å². The molecular weight excluding hydrogens is 531 g/mol. The van der Waals surface area contributed by atoms with Crippen LogP contribution in [0.5, 0.6) is 0 Å². The summed E-state index contributed by atoms with van der Waals surface area (Å²) in [4.78, 5) is 13.6. The number of halogens is 7. The van der Waals surface area contributed by atoms with Gasteiger partial charge in [-0.1, -0.05) is 12.1 Å². The van der Waals surface area contributed by atoms with Crippen molar-refractivity contribution in [3.05, 3.63) is 70.5 Å². The number of hydrogen-bond donors (Lipinski definition) is 1. The van der Waals surface area contributed by atoms with Crippen LogP contribution in [0.15, 0.2) is 42.5 Å². The SMILES string of the molecule is CC(OC1CCC(CN2CCCC(C(=O)O)C2)C1c1ccc(F)cc1)c1cc(C(F)(F)F)cc(C(F)(F)F)c1. The molecule has 2 aliphatic rings. The van der Waals surface area contributed by atoms with Gasteiger partial charge in [0.05, 0.1) is 29.3 Å². The van der Waals surface area contributed by atoms with E-state index in [0.29, 0.717) is 44.5 Å². The van der Waals surface area contributed by atoms with E-state index in [1.54, 1.807) is 12.1 Å². The molecule has 1 N–H and O–H groups in total. The van der Waals surface area contributed by atoms with E-state index in [9.17, 15) is 40.6 Å².